The predicted molar refractivity (Wildman–Crippen MR) is 108 cm³/mol. The summed E-state index contributed by atoms with van der Waals surface area (Å²) in [5.74, 6) is -0.0235. The summed E-state index contributed by atoms with van der Waals surface area (Å²) in [4.78, 5) is 13.1. The van der Waals surface area contributed by atoms with E-state index in [1.807, 2.05) is 18.4 Å². The molecule has 0 spiro atoms. The molecule has 0 aliphatic heterocycles. The van der Waals surface area contributed by atoms with Crippen LogP contribution in [0, 0.1) is 23.4 Å². The Kier molecular flexibility index (Phi) is 6.34. The number of aromatic nitrogens is 3. The van der Waals surface area contributed by atoms with Gasteiger partial charge in [-0.05, 0) is 54.6 Å². The zero-order chi connectivity index (χ0) is 20.1. The lowest BCUT2D eigenvalue weighted by molar-refractivity contribution is -0.113. The van der Waals surface area contributed by atoms with Gasteiger partial charge in [-0.2, -0.15) is 5.26 Å². The first-order chi connectivity index (χ1) is 13.5. The van der Waals surface area contributed by atoms with Crippen LogP contribution in [0.2, 0.25) is 0 Å². The molecular formula is C19H16FN5OS2. The molecule has 1 N–H and O–H groups in total. The van der Waals surface area contributed by atoms with Crippen LogP contribution in [0.15, 0.2) is 52.5 Å². The molecule has 142 valence electrons. The SMILES string of the molecule is Cc1cc(SC#N)ccc1NC(=O)CSc1nnc(-c2ccccc2F)n1C. The van der Waals surface area contributed by atoms with Crippen LogP contribution in [0.4, 0.5) is 10.1 Å². The summed E-state index contributed by atoms with van der Waals surface area (Å²) in [6.45, 7) is 1.87. The lowest BCUT2D eigenvalue weighted by atomic mass is 10.2. The van der Waals surface area contributed by atoms with Crippen LogP contribution in [0.1, 0.15) is 5.56 Å². The number of carbonyl (C=O) groups is 1. The predicted octanol–water partition coefficient (Wildman–Crippen LogP) is 4.23. The third-order valence-corrected chi connectivity index (χ3v) is 5.52. The number of nitrogens with one attached hydrogen (secondary N) is 1. The van der Waals surface area contributed by atoms with Crippen molar-refractivity contribution in [2.45, 2.75) is 17.0 Å². The first-order valence-corrected chi connectivity index (χ1v) is 10.0. The number of thioether (sulfide) groups is 2. The molecule has 0 atom stereocenters. The van der Waals surface area contributed by atoms with Crippen molar-refractivity contribution in [3.05, 3.63) is 53.8 Å². The van der Waals surface area contributed by atoms with Crippen molar-refractivity contribution >= 4 is 35.1 Å². The van der Waals surface area contributed by atoms with E-state index in [0.29, 0.717) is 22.2 Å². The van der Waals surface area contributed by atoms with Gasteiger partial charge < -0.3 is 9.88 Å². The lowest BCUT2D eigenvalue weighted by Gasteiger charge is -2.09. The highest BCUT2D eigenvalue weighted by molar-refractivity contribution is 8.03. The topological polar surface area (TPSA) is 83.6 Å². The zero-order valence-electron chi connectivity index (χ0n) is 15.1. The van der Waals surface area contributed by atoms with Crippen LogP contribution in [0.25, 0.3) is 11.4 Å². The highest BCUT2D eigenvalue weighted by Gasteiger charge is 2.15. The van der Waals surface area contributed by atoms with Crippen molar-refractivity contribution in [2.24, 2.45) is 7.05 Å². The van der Waals surface area contributed by atoms with Gasteiger partial charge in [-0.25, -0.2) is 4.39 Å². The molecule has 28 heavy (non-hydrogen) atoms. The average molecular weight is 414 g/mol. The van der Waals surface area contributed by atoms with Crippen LogP contribution in [0.3, 0.4) is 0 Å². The number of aryl methyl sites for hydroxylation is 1. The Hall–Kier alpha value is -2.83. The van der Waals surface area contributed by atoms with Crippen LogP contribution >= 0.6 is 23.5 Å². The Morgan fingerprint density at radius 2 is 2.07 bits per heavy atom. The number of rotatable bonds is 6. The van der Waals surface area contributed by atoms with Crippen LogP contribution in [-0.2, 0) is 11.8 Å². The molecule has 6 nitrogen and oxygen atoms in total. The molecule has 1 amide bonds. The molecule has 1 heterocycles. The first-order valence-electron chi connectivity index (χ1n) is 8.23. The van der Waals surface area contributed by atoms with Crippen LogP contribution in [0.5, 0.6) is 0 Å². The number of benzene rings is 2. The second kappa shape index (κ2) is 8.91. The number of nitriles is 1. The van der Waals surface area contributed by atoms with Gasteiger partial charge in [0.25, 0.3) is 0 Å². The average Bonchev–Trinajstić information content (AvgIpc) is 3.03. The third kappa shape index (κ3) is 4.52. The molecule has 0 aliphatic carbocycles. The fourth-order valence-corrected chi connectivity index (χ4v) is 3.71. The van der Waals surface area contributed by atoms with Crippen LogP contribution < -0.4 is 5.32 Å². The van der Waals surface area contributed by atoms with E-state index < -0.39 is 0 Å². The molecule has 9 heteroatoms. The second-order valence-corrected chi connectivity index (χ2v) is 7.65. The summed E-state index contributed by atoms with van der Waals surface area (Å²) < 4.78 is 15.6. The van der Waals surface area contributed by atoms with E-state index >= 15 is 0 Å². The molecular weight excluding hydrogens is 397 g/mol. The number of hydrogen-bond acceptors (Lipinski definition) is 6. The quantitative estimate of drug-likeness (QED) is 0.481. The first kappa shape index (κ1) is 19.9. The van der Waals surface area contributed by atoms with Crippen molar-refractivity contribution in [2.75, 3.05) is 11.1 Å². The number of thiocyanates is 1. The maximum Gasteiger partial charge on any atom is 0.234 e. The lowest BCUT2D eigenvalue weighted by Crippen LogP contribution is -2.15. The smallest absolute Gasteiger partial charge is 0.234 e. The minimum Gasteiger partial charge on any atom is -0.325 e. The molecule has 2 aromatic carbocycles. The number of nitrogens with zero attached hydrogens (tertiary/aromatic N) is 4. The molecule has 0 saturated heterocycles. The zero-order valence-corrected chi connectivity index (χ0v) is 16.8. The summed E-state index contributed by atoms with van der Waals surface area (Å²) in [5, 5.41) is 22.2. The Labute approximate surface area is 170 Å². The fraction of sp³-hybridized carbons (Fsp3) is 0.158. The van der Waals surface area contributed by atoms with E-state index in [-0.39, 0.29) is 17.5 Å². The Balaban J connectivity index is 1.64. The highest BCUT2D eigenvalue weighted by Crippen LogP contribution is 2.26. The maximum absolute atomic E-state index is 14.0. The van der Waals surface area contributed by atoms with Gasteiger partial charge >= 0.3 is 0 Å². The van der Waals surface area contributed by atoms with Gasteiger partial charge in [0.15, 0.2) is 11.0 Å². The summed E-state index contributed by atoms with van der Waals surface area (Å²) >= 11 is 2.29. The van der Waals surface area contributed by atoms with Crippen molar-refractivity contribution in [1.82, 2.24) is 14.8 Å². The monoisotopic (exact) mass is 413 g/mol. The molecule has 0 saturated carbocycles. The van der Waals surface area contributed by atoms with Gasteiger partial charge in [-0.3, -0.25) is 4.79 Å². The number of carbonyl (C=O) groups excluding carboxylic acids is 1. The van der Waals surface area contributed by atoms with Crippen LogP contribution in [-0.4, -0.2) is 26.4 Å². The number of amides is 1. The fourth-order valence-electron chi connectivity index (χ4n) is 2.53. The van der Waals surface area contributed by atoms with Gasteiger partial charge in [-0.1, -0.05) is 23.9 Å². The van der Waals surface area contributed by atoms with Gasteiger partial charge in [-0.15, -0.1) is 10.2 Å². The van der Waals surface area contributed by atoms with E-state index in [4.69, 9.17) is 5.26 Å². The standard InChI is InChI=1S/C19H16FN5OS2/c1-12-9-13(28-11-21)7-8-16(12)22-17(26)10-27-19-24-23-18(25(19)2)14-5-3-4-6-15(14)20/h3-9H,10H2,1-2H3,(H,22,26). The van der Waals surface area contributed by atoms with E-state index in [9.17, 15) is 9.18 Å². The number of hydrogen-bond donors (Lipinski definition) is 1. The van der Waals surface area contributed by atoms with E-state index in [1.54, 1.807) is 41.9 Å². The Bertz CT molecular complexity index is 1060. The van der Waals surface area contributed by atoms with Crippen molar-refractivity contribution in [1.29, 1.82) is 5.26 Å². The molecule has 3 rings (SSSR count). The minimum absolute atomic E-state index is 0.136. The largest absolute Gasteiger partial charge is 0.325 e. The molecule has 0 fully saturated rings. The summed E-state index contributed by atoms with van der Waals surface area (Å²) in [6, 6.07) is 11.8. The van der Waals surface area contributed by atoms with Crippen molar-refractivity contribution in [3.63, 3.8) is 0 Å². The van der Waals surface area contributed by atoms with E-state index in [2.05, 4.69) is 15.5 Å². The number of halogens is 1. The molecule has 3 aromatic rings. The van der Waals surface area contributed by atoms with E-state index in [0.717, 1.165) is 22.2 Å². The van der Waals surface area contributed by atoms with Gasteiger partial charge in [0.1, 0.15) is 11.2 Å². The Morgan fingerprint density at radius 3 is 2.79 bits per heavy atom. The summed E-state index contributed by atoms with van der Waals surface area (Å²) in [7, 11) is 1.73. The highest BCUT2D eigenvalue weighted by atomic mass is 32.2. The molecule has 1 aromatic heterocycles. The van der Waals surface area contributed by atoms with Gasteiger partial charge in [0.05, 0.1) is 11.3 Å². The molecule has 0 bridgehead atoms. The summed E-state index contributed by atoms with van der Waals surface area (Å²) in [5.41, 5.74) is 1.93. The summed E-state index contributed by atoms with van der Waals surface area (Å²) in [6.07, 6.45) is 0. The molecule has 0 unspecified atom stereocenters. The van der Waals surface area contributed by atoms with Gasteiger partial charge in [0, 0.05) is 17.6 Å². The van der Waals surface area contributed by atoms with Crippen molar-refractivity contribution in [3.8, 4) is 16.8 Å². The second-order valence-electron chi connectivity index (χ2n) is 5.85. The number of anilines is 1. The molecule has 0 radical (unpaired) electrons. The van der Waals surface area contributed by atoms with Crippen molar-refractivity contribution < 1.29 is 9.18 Å². The maximum atomic E-state index is 14.0. The normalized spacial score (nSPS) is 10.5. The van der Waals surface area contributed by atoms with Gasteiger partial charge in [0.2, 0.25) is 5.91 Å². The Morgan fingerprint density at radius 1 is 1.29 bits per heavy atom. The van der Waals surface area contributed by atoms with E-state index in [1.165, 1.54) is 17.8 Å². The minimum atomic E-state index is -0.374. The third-order valence-electron chi connectivity index (χ3n) is 3.92. The molecule has 0 aliphatic rings.